The van der Waals surface area contributed by atoms with E-state index in [0.717, 1.165) is 0 Å². The smallest absolute Gasteiger partial charge is 0.253 e. The summed E-state index contributed by atoms with van der Waals surface area (Å²) >= 11 is 0. The Balaban J connectivity index is 1.68. The van der Waals surface area contributed by atoms with Crippen LogP contribution >= 0.6 is 0 Å². The fraction of sp³-hybridized carbons (Fsp3) is 0.306. The Bertz CT molecular complexity index is 1800. The van der Waals surface area contributed by atoms with Gasteiger partial charge in [-0.3, -0.25) is 33.8 Å². The quantitative estimate of drug-likeness (QED) is 0.0463. The average molecular weight is 729 g/mol. The molecule has 17 heteroatoms. The number of nitrogen functional groups attached to an aromatic ring is 1. The van der Waals surface area contributed by atoms with E-state index in [9.17, 15) is 33.9 Å². The Morgan fingerprint density at radius 2 is 1.28 bits per heavy atom. The normalized spacial score (nSPS) is 19.9. The number of carbonyl (C=O) groups excluding carboxylic acids is 6. The minimum absolute atomic E-state index is 0.00396. The molecule has 1 aliphatic heterocycles. The maximum absolute atomic E-state index is 13.9. The van der Waals surface area contributed by atoms with Crippen molar-refractivity contribution in [1.82, 2.24) is 31.9 Å². The number of nitrogens with one attached hydrogen (secondary N) is 6. The number of phenolic OH excluding ortho intramolecular Hbond substituents is 1. The molecule has 4 atom stereocenters. The lowest BCUT2D eigenvalue weighted by Crippen LogP contribution is -2.60. The number of guanidine groups is 1. The van der Waals surface area contributed by atoms with Gasteiger partial charge in [0.1, 0.15) is 29.9 Å². The Kier molecular flexibility index (Phi) is 14.1. The minimum Gasteiger partial charge on any atom is -0.508 e. The lowest BCUT2D eigenvalue weighted by atomic mass is 10.0. The van der Waals surface area contributed by atoms with Crippen LogP contribution in [0.3, 0.4) is 0 Å². The number of aromatic hydroxyl groups is 1. The van der Waals surface area contributed by atoms with E-state index in [2.05, 4.69) is 36.9 Å². The number of benzene rings is 3. The van der Waals surface area contributed by atoms with Gasteiger partial charge >= 0.3 is 0 Å². The predicted molar refractivity (Wildman–Crippen MR) is 196 cm³/mol. The zero-order chi connectivity index (χ0) is 38.3. The van der Waals surface area contributed by atoms with Crippen LogP contribution in [0.1, 0.15) is 34.3 Å². The molecule has 0 unspecified atom stereocenters. The summed E-state index contributed by atoms with van der Waals surface area (Å²) in [6, 6.07) is 15.9. The first-order valence-electron chi connectivity index (χ1n) is 16.9. The first kappa shape index (κ1) is 39.1. The van der Waals surface area contributed by atoms with Crippen molar-refractivity contribution < 1.29 is 33.9 Å². The number of nitrogens with two attached hydrogens (primary N) is 3. The maximum Gasteiger partial charge on any atom is 0.253 e. The summed E-state index contributed by atoms with van der Waals surface area (Å²) in [7, 11) is 0. The van der Waals surface area contributed by atoms with Crippen molar-refractivity contribution in [2.45, 2.75) is 49.9 Å². The fourth-order valence-corrected chi connectivity index (χ4v) is 5.46. The molecule has 0 spiro atoms. The molecule has 0 radical (unpaired) electrons. The molecule has 0 saturated carbocycles. The Morgan fingerprint density at radius 1 is 0.717 bits per heavy atom. The molecule has 53 heavy (non-hydrogen) atoms. The van der Waals surface area contributed by atoms with Crippen LogP contribution in [0.25, 0.3) is 0 Å². The standard InChI is InChI=1S/C36H44N10O7/c37-25-10-5-4-9-24(25)31(49)41-19-29-35(53)45-27(17-21-7-2-1-3-8-21)32(50)42-20-30(48)43-28(18-22-12-14-23(47)15-13-22)34(52)44-26(33(51)46-29)11-6-16-40-36(38)39/h1-5,7-10,12-15,26-29,47H,6,11,16-20,37H2,(H,41,49)(H,42,50)(H,43,48)(H,44,52)(H,45,53)(H,46,51)(H4,38,39,40)/t26-,27+,28-,29-/m0/s1. The van der Waals surface area contributed by atoms with Crippen molar-refractivity contribution in [3.8, 4) is 5.75 Å². The van der Waals surface area contributed by atoms with Gasteiger partial charge in [-0.1, -0.05) is 54.6 Å². The van der Waals surface area contributed by atoms with Gasteiger partial charge in [0.05, 0.1) is 12.1 Å². The summed E-state index contributed by atoms with van der Waals surface area (Å²) in [5.74, 6) is -4.60. The van der Waals surface area contributed by atoms with Gasteiger partial charge in [0.15, 0.2) is 5.96 Å². The zero-order valence-electron chi connectivity index (χ0n) is 28.8. The summed E-state index contributed by atoms with van der Waals surface area (Å²) in [4.78, 5) is 85.3. The molecule has 0 bridgehead atoms. The van der Waals surface area contributed by atoms with E-state index in [-0.39, 0.29) is 55.2 Å². The van der Waals surface area contributed by atoms with E-state index in [0.29, 0.717) is 11.1 Å². The molecule has 1 aliphatic rings. The van der Waals surface area contributed by atoms with Crippen LogP contribution in [0.4, 0.5) is 5.69 Å². The van der Waals surface area contributed by atoms with Crippen molar-refractivity contribution in [3.05, 3.63) is 95.6 Å². The molecule has 4 rings (SSSR count). The molecule has 280 valence electrons. The summed E-state index contributed by atoms with van der Waals surface area (Å²) in [5.41, 5.74) is 18.5. The van der Waals surface area contributed by atoms with Gasteiger partial charge in [-0.25, -0.2) is 0 Å². The topological polar surface area (TPSA) is 285 Å². The Morgan fingerprint density at radius 3 is 1.96 bits per heavy atom. The molecule has 0 aliphatic carbocycles. The van der Waals surface area contributed by atoms with Crippen LogP contribution in [-0.2, 0) is 36.8 Å². The number of aliphatic imine (C=N–C) groups is 1. The second kappa shape index (κ2) is 19.1. The van der Waals surface area contributed by atoms with E-state index in [1.54, 1.807) is 54.6 Å². The SMILES string of the molecule is NC(N)=NCCC[C@@H]1NC(=O)[C@H](Cc2ccc(O)cc2)NC(=O)CNC(=O)[C@@H](Cc2ccccc2)NC(=O)[C@H](CNC(=O)c2ccccc2N)NC1=O. The third-order valence-corrected chi connectivity index (χ3v) is 8.25. The molecule has 1 heterocycles. The van der Waals surface area contributed by atoms with Gasteiger partial charge in [0.25, 0.3) is 5.91 Å². The van der Waals surface area contributed by atoms with Crippen LogP contribution in [-0.4, -0.2) is 90.3 Å². The highest BCUT2D eigenvalue weighted by Crippen LogP contribution is 2.13. The second-order valence-corrected chi connectivity index (χ2v) is 12.3. The highest BCUT2D eigenvalue weighted by atomic mass is 16.3. The lowest BCUT2D eigenvalue weighted by Gasteiger charge is -2.26. The number of phenols is 1. The first-order valence-corrected chi connectivity index (χ1v) is 16.9. The van der Waals surface area contributed by atoms with Crippen molar-refractivity contribution in [1.29, 1.82) is 0 Å². The number of hydrogen-bond donors (Lipinski definition) is 10. The maximum atomic E-state index is 13.9. The zero-order valence-corrected chi connectivity index (χ0v) is 28.8. The molecule has 17 nitrogen and oxygen atoms in total. The molecule has 3 aromatic carbocycles. The highest BCUT2D eigenvalue weighted by molar-refractivity contribution is 6.00. The monoisotopic (exact) mass is 728 g/mol. The van der Waals surface area contributed by atoms with E-state index >= 15 is 0 Å². The van der Waals surface area contributed by atoms with Gasteiger partial charge in [-0.15, -0.1) is 0 Å². The summed E-state index contributed by atoms with van der Waals surface area (Å²) < 4.78 is 0. The van der Waals surface area contributed by atoms with Crippen LogP contribution < -0.4 is 49.1 Å². The van der Waals surface area contributed by atoms with Crippen LogP contribution in [0.5, 0.6) is 5.75 Å². The molecule has 1 saturated heterocycles. The van der Waals surface area contributed by atoms with Crippen LogP contribution in [0.15, 0.2) is 83.9 Å². The van der Waals surface area contributed by atoms with Gasteiger partial charge in [0, 0.05) is 31.6 Å². The average Bonchev–Trinajstić information content (AvgIpc) is 3.13. The molecule has 0 aromatic heterocycles. The van der Waals surface area contributed by atoms with Crippen LogP contribution in [0.2, 0.25) is 0 Å². The first-order chi connectivity index (χ1) is 25.4. The molecule has 6 amide bonds. The summed E-state index contributed by atoms with van der Waals surface area (Å²) in [6.07, 6.45) is 0.211. The van der Waals surface area contributed by atoms with Crippen LogP contribution in [0, 0.1) is 0 Å². The van der Waals surface area contributed by atoms with Gasteiger partial charge in [-0.2, -0.15) is 0 Å². The Hall–Kier alpha value is -6.65. The van der Waals surface area contributed by atoms with Gasteiger partial charge < -0.3 is 54.2 Å². The predicted octanol–water partition coefficient (Wildman–Crippen LogP) is -1.69. The molecule has 13 N–H and O–H groups in total. The number of rotatable bonds is 11. The number of hydrogen-bond acceptors (Lipinski definition) is 9. The highest BCUT2D eigenvalue weighted by Gasteiger charge is 2.33. The Labute approximate surface area is 305 Å². The third kappa shape index (κ3) is 12.3. The molecule has 1 fully saturated rings. The number of amides is 6. The van der Waals surface area contributed by atoms with Crippen molar-refractivity contribution in [2.24, 2.45) is 16.5 Å². The summed E-state index contributed by atoms with van der Waals surface area (Å²) in [6.45, 7) is -0.859. The van der Waals surface area contributed by atoms with E-state index in [1.165, 1.54) is 24.3 Å². The van der Waals surface area contributed by atoms with E-state index in [4.69, 9.17) is 17.2 Å². The number of para-hydroxylation sites is 1. The number of carbonyl (C=O) groups is 6. The van der Waals surface area contributed by atoms with Gasteiger partial charge in [0.2, 0.25) is 29.5 Å². The summed E-state index contributed by atoms with van der Waals surface area (Å²) in [5, 5.41) is 25.4. The van der Waals surface area contributed by atoms with Crippen molar-refractivity contribution in [3.63, 3.8) is 0 Å². The minimum atomic E-state index is -1.45. The third-order valence-electron chi connectivity index (χ3n) is 8.25. The van der Waals surface area contributed by atoms with Crippen molar-refractivity contribution >= 4 is 47.1 Å². The number of nitrogens with zero attached hydrogens (tertiary/aromatic N) is 1. The lowest BCUT2D eigenvalue weighted by molar-refractivity contribution is -0.134. The van der Waals surface area contributed by atoms with E-state index < -0.39 is 72.7 Å². The van der Waals surface area contributed by atoms with Crippen molar-refractivity contribution in [2.75, 3.05) is 25.4 Å². The molecule has 3 aromatic rings. The largest absolute Gasteiger partial charge is 0.508 e. The number of anilines is 1. The van der Waals surface area contributed by atoms with Gasteiger partial charge in [-0.05, 0) is 48.2 Å². The van der Waals surface area contributed by atoms with E-state index in [1.807, 2.05) is 0 Å². The molecular weight excluding hydrogens is 684 g/mol. The fourth-order valence-electron chi connectivity index (χ4n) is 5.46. The molecular formula is C36H44N10O7. The second-order valence-electron chi connectivity index (χ2n) is 12.3.